The molecule has 0 bridgehead atoms. The van der Waals surface area contributed by atoms with E-state index in [4.69, 9.17) is 4.74 Å². The highest BCUT2D eigenvalue weighted by Gasteiger charge is 2.07. The molecule has 0 saturated carbocycles. The van der Waals surface area contributed by atoms with Gasteiger partial charge in [0.25, 0.3) is 0 Å². The molecule has 0 spiro atoms. The normalized spacial score (nSPS) is 10.4. The quantitative estimate of drug-likeness (QED) is 0.778. The minimum Gasteiger partial charge on any atom is -0.374 e. The van der Waals surface area contributed by atoms with Crippen molar-refractivity contribution in [1.29, 1.82) is 0 Å². The van der Waals surface area contributed by atoms with E-state index in [1.165, 1.54) is 0 Å². The number of aromatic nitrogens is 2. The Morgan fingerprint density at radius 2 is 2.22 bits per heavy atom. The summed E-state index contributed by atoms with van der Waals surface area (Å²) in [7, 11) is 3.90. The van der Waals surface area contributed by atoms with Crippen LogP contribution >= 0.6 is 11.8 Å². The second-order valence-electron chi connectivity index (χ2n) is 3.83. The van der Waals surface area contributed by atoms with Crippen LogP contribution in [0.4, 0.5) is 11.6 Å². The van der Waals surface area contributed by atoms with E-state index < -0.39 is 0 Å². The van der Waals surface area contributed by atoms with E-state index >= 15 is 0 Å². The predicted octanol–water partition coefficient (Wildman–Crippen LogP) is 1.85. The molecule has 0 aliphatic heterocycles. The van der Waals surface area contributed by atoms with Gasteiger partial charge in [0.05, 0.1) is 0 Å². The summed E-state index contributed by atoms with van der Waals surface area (Å²) in [6.07, 6.45) is 2.10. The van der Waals surface area contributed by atoms with Crippen molar-refractivity contribution in [3.8, 4) is 0 Å². The Morgan fingerprint density at radius 1 is 1.44 bits per heavy atom. The van der Waals surface area contributed by atoms with Crippen LogP contribution in [0.25, 0.3) is 0 Å². The molecular weight excluding hydrogens is 248 g/mol. The smallest absolute Gasteiger partial charge is 0.158 e. The molecule has 1 N–H and O–H groups in total. The van der Waals surface area contributed by atoms with Crippen molar-refractivity contribution in [1.82, 2.24) is 9.97 Å². The fourth-order valence-electron chi connectivity index (χ4n) is 1.41. The lowest BCUT2D eigenvalue weighted by atomic mass is 10.4. The van der Waals surface area contributed by atoms with Crippen molar-refractivity contribution < 1.29 is 4.74 Å². The maximum absolute atomic E-state index is 5.36. The molecular formula is C12H22N4OS. The standard InChI is InChI=1S/C12H22N4OS/c1-5-17-9-11-14-10(13-2)8-12(15-11)16(3)6-7-18-4/h8H,5-7,9H2,1-4H3,(H,13,14,15). The molecule has 0 fully saturated rings. The maximum atomic E-state index is 5.36. The molecule has 1 rings (SSSR count). The van der Waals surface area contributed by atoms with Gasteiger partial charge in [-0.1, -0.05) is 0 Å². The molecule has 5 nitrogen and oxygen atoms in total. The topological polar surface area (TPSA) is 50.3 Å². The van der Waals surface area contributed by atoms with Crippen LogP contribution in [0.5, 0.6) is 0 Å². The zero-order chi connectivity index (χ0) is 13.4. The molecule has 0 saturated heterocycles. The van der Waals surface area contributed by atoms with E-state index in [-0.39, 0.29) is 0 Å². The van der Waals surface area contributed by atoms with Crippen molar-refractivity contribution in [3.63, 3.8) is 0 Å². The van der Waals surface area contributed by atoms with E-state index in [2.05, 4.69) is 26.4 Å². The molecule has 1 aromatic rings. The third-order valence-corrected chi connectivity index (χ3v) is 3.06. The fourth-order valence-corrected chi connectivity index (χ4v) is 1.86. The SMILES string of the molecule is CCOCc1nc(NC)cc(N(C)CCSC)n1. The van der Waals surface area contributed by atoms with Gasteiger partial charge in [0.1, 0.15) is 18.2 Å². The van der Waals surface area contributed by atoms with Gasteiger partial charge in [0.15, 0.2) is 5.82 Å². The minimum absolute atomic E-state index is 0.454. The van der Waals surface area contributed by atoms with Crippen LogP contribution in [0.1, 0.15) is 12.7 Å². The van der Waals surface area contributed by atoms with Crippen LogP contribution in [0.2, 0.25) is 0 Å². The summed E-state index contributed by atoms with van der Waals surface area (Å²) in [4.78, 5) is 11.0. The van der Waals surface area contributed by atoms with Gasteiger partial charge in [-0.2, -0.15) is 11.8 Å². The summed E-state index contributed by atoms with van der Waals surface area (Å²) in [6, 6.07) is 1.95. The highest BCUT2D eigenvalue weighted by Crippen LogP contribution is 2.15. The first-order valence-corrected chi connectivity index (χ1v) is 7.44. The number of thioether (sulfide) groups is 1. The fraction of sp³-hybridized carbons (Fsp3) is 0.667. The van der Waals surface area contributed by atoms with Gasteiger partial charge in [0.2, 0.25) is 0 Å². The molecule has 102 valence electrons. The van der Waals surface area contributed by atoms with Crippen molar-refractivity contribution in [2.45, 2.75) is 13.5 Å². The van der Waals surface area contributed by atoms with Gasteiger partial charge >= 0.3 is 0 Å². The Balaban J connectivity index is 2.81. The van der Waals surface area contributed by atoms with E-state index in [0.29, 0.717) is 13.2 Å². The Kier molecular flexibility index (Phi) is 6.82. The third kappa shape index (κ3) is 4.70. The number of ether oxygens (including phenoxy) is 1. The van der Waals surface area contributed by atoms with Gasteiger partial charge in [-0.25, -0.2) is 9.97 Å². The largest absolute Gasteiger partial charge is 0.374 e. The molecule has 0 unspecified atom stereocenters. The van der Waals surface area contributed by atoms with Crippen molar-refractivity contribution in [2.24, 2.45) is 0 Å². The maximum Gasteiger partial charge on any atom is 0.158 e. The molecule has 1 heterocycles. The lowest BCUT2D eigenvalue weighted by Crippen LogP contribution is -2.22. The minimum atomic E-state index is 0.454. The average molecular weight is 270 g/mol. The van der Waals surface area contributed by atoms with Crippen LogP contribution in [-0.4, -0.2) is 49.2 Å². The van der Waals surface area contributed by atoms with Gasteiger partial charge < -0.3 is 15.0 Å². The van der Waals surface area contributed by atoms with E-state index in [9.17, 15) is 0 Å². The summed E-state index contributed by atoms with van der Waals surface area (Å²) < 4.78 is 5.36. The van der Waals surface area contributed by atoms with Crippen LogP contribution in [0.3, 0.4) is 0 Å². The monoisotopic (exact) mass is 270 g/mol. The molecule has 0 aliphatic rings. The van der Waals surface area contributed by atoms with Crippen molar-refractivity contribution in [3.05, 3.63) is 11.9 Å². The first-order valence-electron chi connectivity index (χ1n) is 6.04. The summed E-state index contributed by atoms with van der Waals surface area (Å²) >= 11 is 1.83. The highest BCUT2D eigenvalue weighted by molar-refractivity contribution is 7.98. The van der Waals surface area contributed by atoms with Crippen LogP contribution in [-0.2, 0) is 11.3 Å². The van der Waals surface area contributed by atoms with E-state index in [1.54, 1.807) is 0 Å². The first-order chi connectivity index (χ1) is 8.71. The van der Waals surface area contributed by atoms with Gasteiger partial charge in [-0.05, 0) is 13.2 Å². The van der Waals surface area contributed by atoms with E-state index in [0.717, 1.165) is 29.8 Å². The molecule has 18 heavy (non-hydrogen) atoms. The van der Waals surface area contributed by atoms with Crippen LogP contribution < -0.4 is 10.2 Å². The Bertz CT molecular complexity index is 362. The highest BCUT2D eigenvalue weighted by atomic mass is 32.2. The van der Waals surface area contributed by atoms with Gasteiger partial charge in [-0.3, -0.25) is 0 Å². The van der Waals surface area contributed by atoms with Gasteiger partial charge in [0, 0.05) is 39.1 Å². The summed E-state index contributed by atoms with van der Waals surface area (Å²) in [6.45, 7) is 4.06. The molecule has 0 aromatic carbocycles. The molecule has 0 amide bonds. The van der Waals surface area contributed by atoms with E-state index in [1.807, 2.05) is 38.8 Å². The zero-order valence-corrected chi connectivity index (χ0v) is 12.4. The van der Waals surface area contributed by atoms with Crippen molar-refractivity contribution in [2.75, 3.05) is 49.5 Å². The number of rotatable bonds is 8. The molecule has 6 heteroatoms. The predicted molar refractivity (Wildman–Crippen MR) is 78.6 cm³/mol. The molecule has 0 atom stereocenters. The number of nitrogens with one attached hydrogen (secondary N) is 1. The lowest BCUT2D eigenvalue weighted by Gasteiger charge is -2.19. The Labute approximate surface area is 113 Å². The summed E-state index contributed by atoms with van der Waals surface area (Å²) in [5, 5.41) is 3.06. The van der Waals surface area contributed by atoms with Crippen LogP contribution in [0, 0.1) is 0 Å². The number of hydrogen-bond acceptors (Lipinski definition) is 6. The lowest BCUT2D eigenvalue weighted by molar-refractivity contribution is 0.128. The molecule has 1 aromatic heterocycles. The summed E-state index contributed by atoms with van der Waals surface area (Å²) in [5.74, 6) is 3.55. The second kappa shape index (κ2) is 8.16. The van der Waals surface area contributed by atoms with Gasteiger partial charge in [-0.15, -0.1) is 0 Å². The third-order valence-electron chi connectivity index (χ3n) is 2.47. The first kappa shape index (κ1) is 15.0. The zero-order valence-electron chi connectivity index (χ0n) is 11.6. The Morgan fingerprint density at radius 3 is 2.83 bits per heavy atom. The number of anilines is 2. The molecule has 0 aliphatic carbocycles. The van der Waals surface area contributed by atoms with Crippen LogP contribution in [0.15, 0.2) is 6.07 Å². The summed E-state index contributed by atoms with van der Waals surface area (Å²) in [5.41, 5.74) is 0. The number of nitrogens with zero attached hydrogens (tertiary/aromatic N) is 3. The molecule has 0 radical (unpaired) electrons. The number of hydrogen-bond donors (Lipinski definition) is 1. The van der Waals surface area contributed by atoms with Crippen molar-refractivity contribution >= 4 is 23.4 Å². The average Bonchev–Trinajstić information content (AvgIpc) is 2.41. The second-order valence-corrected chi connectivity index (χ2v) is 4.81. The Hall–Kier alpha value is -1.01.